The molecule has 182 valence electrons. The van der Waals surface area contributed by atoms with Crippen LogP contribution in [0, 0.1) is 0 Å². The minimum absolute atomic E-state index is 0.0507. The number of carbonyl (C=O) groups excluding carboxylic acids is 1. The first-order valence-electron chi connectivity index (χ1n) is 10.7. The third-order valence-electron chi connectivity index (χ3n) is 5.56. The van der Waals surface area contributed by atoms with E-state index < -0.39 is 12.1 Å². The summed E-state index contributed by atoms with van der Waals surface area (Å²) in [4.78, 5) is 42.3. The molecule has 4 N–H and O–H groups in total. The Hall–Kier alpha value is -4.12. The molecule has 0 aliphatic carbocycles. The number of benzene rings is 2. The summed E-state index contributed by atoms with van der Waals surface area (Å²) < 4.78 is 31.7. The van der Waals surface area contributed by atoms with Gasteiger partial charge in [0.25, 0.3) is 11.5 Å². The van der Waals surface area contributed by atoms with Gasteiger partial charge in [0.1, 0.15) is 0 Å². The number of nitrogens with zero attached hydrogens (tertiary/aromatic N) is 1. The first-order valence-corrected chi connectivity index (χ1v) is 10.7. The van der Waals surface area contributed by atoms with Gasteiger partial charge in [-0.1, -0.05) is 18.2 Å². The van der Waals surface area contributed by atoms with E-state index in [0.717, 1.165) is 53.7 Å². The number of halogens is 3. The number of nitrogens with one attached hydrogen (secondary N) is 3. The Morgan fingerprint density at radius 3 is 2.23 bits per heavy atom. The fourth-order valence-corrected chi connectivity index (χ4v) is 3.81. The Morgan fingerprint density at radius 1 is 0.886 bits per heavy atom. The highest BCUT2D eigenvalue weighted by atomic mass is 19.4. The first kappa shape index (κ1) is 24.0. The van der Waals surface area contributed by atoms with Gasteiger partial charge in [0, 0.05) is 48.2 Å². The molecule has 1 aliphatic heterocycles. The number of alkyl halides is 3. The zero-order valence-electron chi connectivity index (χ0n) is 18.3. The highest BCUT2D eigenvalue weighted by Gasteiger charge is 2.38. The number of fused-ring (bicyclic) bond motifs is 2. The Bertz CT molecular complexity index is 1450. The summed E-state index contributed by atoms with van der Waals surface area (Å²) in [6.45, 7) is 3.10. The molecule has 35 heavy (non-hydrogen) atoms. The molecular formula is C24H21F3N4O4. The van der Waals surface area contributed by atoms with Crippen LogP contribution < -0.4 is 10.9 Å². The maximum atomic E-state index is 12.8. The van der Waals surface area contributed by atoms with Crippen LogP contribution in [-0.2, 0) is 4.79 Å². The number of hydrogen-bond donors (Lipinski definition) is 4. The molecule has 3 heterocycles. The summed E-state index contributed by atoms with van der Waals surface area (Å²) in [6.07, 6.45) is -5.08. The van der Waals surface area contributed by atoms with Gasteiger partial charge >= 0.3 is 12.1 Å². The normalized spacial score (nSPS) is 14.0. The van der Waals surface area contributed by atoms with Crippen molar-refractivity contribution in [2.45, 2.75) is 6.18 Å². The molecule has 0 unspecified atom stereocenters. The smallest absolute Gasteiger partial charge is 0.475 e. The number of hydrogen-bond acceptors (Lipinski definition) is 4. The zero-order valence-corrected chi connectivity index (χ0v) is 18.3. The van der Waals surface area contributed by atoms with Crippen molar-refractivity contribution in [3.05, 3.63) is 70.5 Å². The SMILES string of the molecule is O=C(O)C(F)(F)F.O=C(c1ccc2[nH]c(-c3cc4ccccc4[nH]c3=O)cc2c1)N1CCNCC1. The summed E-state index contributed by atoms with van der Waals surface area (Å²) in [6, 6.07) is 17.2. The average molecular weight is 486 g/mol. The minimum atomic E-state index is -5.08. The van der Waals surface area contributed by atoms with E-state index in [9.17, 15) is 22.8 Å². The van der Waals surface area contributed by atoms with Crippen molar-refractivity contribution < 1.29 is 27.9 Å². The molecule has 8 nitrogen and oxygen atoms in total. The lowest BCUT2D eigenvalue weighted by Crippen LogP contribution is -2.46. The Labute approximate surface area is 196 Å². The summed E-state index contributed by atoms with van der Waals surface area (Å²) in [5, 5.41) is 12.3. The van der Waals surface area contributed by atoms with Crippen LogP contribution in [0.1, 0.15) is 10.4 Å². The predicted molar refractivity (Wildman–Crippen MR) is 124 cm³/mol. The van der Waals surface area contributed by atoms with Crippen molar-refractivity contribution in [1.29, 1.82) is 0 Å². The first-order chi connectivity index (χ1) is 16.6. The van der Waals surface area contributed by atoms with Gasteiger partial charge in [0.15, 0.2) is 0 Å². The van der Waals surface area contributed by atoms with Gasteiger partial charge in [-0.25, -0.2) is 4.79 Å². The molecule has 1 amide bonds. The van der Waals surface area contributed by atoms with Gasteiger partial charge in [-0.05, 0) is 41.8 Å². The number of aromatic amines is 2. The fourth-order valence-electron chi connectivity index (χ4n) is 3.81. The van der Waals surface area contributed by atoms with Crippen LogP contribution in [0.25, 0.3) is 33.1 Å². The van der Waals surface area contributed by atoms with Gasteiger partial charge in [-0.2, -0.15) is 13.2 Å². The van der Waals surface area contributed by atoms with Crippen LogP contribution in [0.2, 0.25) is 0 Å². The summed E-state index contributed by atoms with van der Waals surface area (Å²) in [5.74, 6) is -2.71. The zero-order chi connectivity index (χ0) is 25.2. The van der Waals surface area contributed by atoms with Gasteiger partial charge in [0.05, 0.1) is 11.3 Å². The Morgan fingerprint density at radius 2 is 1.54 bits per heavy atom. The number of para-hydroxylation sites is 1. The van der Waals surface area contributed by atoms with Crippen LogP contribution in [0.3, 0.4) is 0 Å². The molecule has 0 radical (unpaired) electrons. The minimum Gasteiger partial charge on any atom is -0.475 e. The highest BCUT2D eigenvalue weighted by Crippen LogP contribution is 2.25. The van der Waals surface area contributed by atoms with Crippen LogP contribution in [0.4, 0.5) is 13.2 Å². The molecule has 2 aromatic heterocycles. The van der Waals surface area contributed by atoms with Crippen LogP contribution >= 0.6 is 0 Å². The lowest BCUT2D eigenvalue weighted by molar-refractivity contribution is -0.192. The molecule has 0 saturated carbocycles. The maximum absolute atomic E-state index is 12.8. The number of carboxylic acid groups (broad SMARTS) is 1. The largest absolute Gasteiger partial charge is 0.490 e. The topological polar surface area (TPSA) is 118 Å². The Balaban J connectivity index is 0.000000364. The third-order valence-corrected chi connectivity index (χ3v) is 5.56. The molecule has 1 fully saturated rings. The Kier molecular flexibility index (Phi) is 6.61. The lowest BCUT2D eigenvalue weighted by atomic mass is 10.1. The van der Waals surface area contributed by atoms with Crippen LogP contribution in [-0.4, -0.2) is 64.2 Å². The second-order valence-corrected chi connectivity index (χ2v) is 7.93. The quantitative estimate of drug-likeness (QED) is 0.347. The molecule has 0 bridgehead atoms. The third kappa shape index (κ3) is 5.35. The average Bonchev–Trinajstić information content (AvgIpc) is 3.26. The molecular weight excluding hydrogens is 465 g/mol. The van der Waals surface area contributed by atoms with Gasteiger partial charge in [0.2, 0.25) is 0 Å². The van der Waals surface area contributed by atoms with E-state index in [1.54, 1.807) is 0 Å². The van der Waals surface area contributed by atoms with Crippen LogP contribution in [0.5, 0.6) is 0 Å². The van der Waals surface area contributed by atoms with Gasteiger partial charge in [-0.3, -0.25) is 9.59 Å². The molecule has 11 heteroatoms. The summed E-state index contributed by atoms with van der Waals surface area (Å²) in [7, 11) is 0. The molecule has 1 aliphatic rings. The van der Waals surface area contributed by atoms with E-state index in [4.69, 9.17) is 9.90 Å². The van der Waals surface area contributed by atoms with Crippen molar-refractivity contribution in [1.82, 2.24) is 20.2 Å². The monoisotopic (exact) mass is 486 g/mol. The number of carboxylic acids is 1. The molecule has 4 aromatic rings. The van der Waals surface area contributed by atoms with Crippen molar-refractivity contribution >= 4 is 33.7 Å². The highest BCUT2D eigenvalue weighted by molar-refractivity contribution is 5.99. The molecule has 5 rings (SSSR count). The van der Waals surface area contributed by atoms with Crippen molar-refractivity contribution in [3.8, 4) is 11.3 Å². The number of piperazine rings is 1. The van der Waals surface area contributed by atoms with Crippen molar-refractivity contribution in [2.75, 3.05) is 26.2 Å². The van der Waals surface area contributed by atoms with E-state index >= 15 is 0 Å². The number of aliphatic carboxylic acids is 1. The summed E-state index contributed by atoms with van der Waals surface area (Å²) >= 11 is 0. The number of aromatic nitrogens is 2. The van der Waals surface area contributed by atoms with Gasteiger partial charge in [-0.15, -0.1) is 0 Å². The molecule has 2 aromatic carbocycles. The number of carbonyl (C=O) groups is 2. The lowest BCUT2D eigenvalue weighted by Gasteiger charge is -2.27. The summed E-state index contributed by atoms with van der Waals surface area (Å²) in [5.41, 5.74) is 3.59. The van der Waals surface area contributed by atoms with Crippen LogP contribution in [0.15, 0.2) is 59.4 Å². The number of rotatable bonds is 2. The number of amides is 1. The van der Waals surface area contributed by atoms with Crippen molar-refractivity contribution in [2.24, 2.45) is 0 Å². The number of pyridine rings is 1. The fraction of sp³-hybridized carbons (Fsp3) is 0.208. The molecule has 1 saturated heterocycles. The van der Waals surface area contributed by atoms with E-state index in [-0.39, 0.29) is 11.5 Å². The second kappa shape index (κ2) is 9.63. The standard InChI is InChI=1S/C22H20N4O2.C2HF3O2/c27-21-17(12-14-3-1-2-4-18(14)25-21)20-13-16-11-15(5-6-19(16)24-20)22(28)26-9-7-23-8-10-26;3-2(4,5)1(6)7/h1-6,11-13,23-24H,7-10H2,(H,25,27);(H,6,7). The van der Waals surface area contributed by atoms with E-state index in [2.05, 4.69) is 15.3 Å². The number of H-pyrrole nitrogens is 2. The molecule has 0 atom stereocenters. The van der Waals surface area contributed by atoms with E-state index in [1.165, 1.54) is 0 Å². The predicted octanol–water partition coefficient (Wildman–Crippen LogP) is 3.36. The molecule has 0 spiro atoms. The second-order valence-electron chi connectivity index (χ2n) is 7.93. The van der Waals surface area contributed by atoms with E-state index in [1.807, 2.05) is 59.5 Å². The maximum Gasteiger partial charge on any atom is 0.490 e. The van der Waals surface area contributed by atoms with Gasteiger partial charge < -0.3 is 25.3 Å². The van der Waals surface area contributed by atoms with E-state index in [0.29, 0.717) is 11.1 Å². The van der Waals surface area contributed by atoms with Crippen molar-refractivity contribution in [3.63, 3.8) is 0 Å².